The van der Waals surface area contributed by atoms with E-state index in [-0.39, 0.29) is 5.54 Å². The minimum Gasteiger partial charge on any atom is -0.381 e. The molecular weight excluding hydrogens is 276 g/mol. The molecule has 0 aromatic carbocycles. The Labute approximate surface area is 124 Å². The Morgan fingerprint density at radius 2 is 2.11 bits per heavy atom. The van der Waals surface area contributed by atoms with Gasteiger partial charge in [-0.15, -0.1) is 0 Å². The van der Waals surface area contributed by atoms with E-state index in [2.05, 4.69) is 11.6 Å². The Kier molecular flexibility index (Phi) is 4.65. The van der Waals surface area contributed by atoms with E-state index in [1.807, 2.05) is 23.5 Å². The summed E-state index contributed by atoms with van der Waals surface area (Å²) in [6.45, 7) is 1.80. The van der Waals surface area contributed by atoms with Gasteiger partial charge in [0.15, 0.2) is 5.17 Å². The van der Waals surface area contributed by atoms with Crippen LogP contribution in [0, 0.1) is 0 Å². The second-order valence-corrected chi connectivity index (χ2v) is 7.91. The molecule has 0 radical (unpaired) electrons. The van der Waals surface area contributed by atoms with E-state index in [1.54, 1.807) is 0 Å². The highest BCUT2D eigenvalue weighted by molar-refractivity contribution is 8.14. The summed E-state index contributed by atoms with van der Waals surface area (Å²) in [4.78, 5) is 5.04. The molecule has 3 aliphatic rings. The molecule has 2 aliphatic heterocycles. The minimum absolute atomic E-state index is 0.283. The molecule has 2 unspecified atom stereocenters. The zero-order valence-electron chi connectivity index (χ0n) is 11.7. The average Bonchev–Trinajstić information content (AvgIpc) is 2.83. The van der Waals surface area contributed by atoms with Crippen LogP contribution in [0.15, 0.2) is 4.99 Å². The van der Waals surface area contributed by atoms with Gasteiger partial charge in [-0.3, -0.25) is 4.99 Å². The van der Waals surface area contributed by atoms with E-state index in [0.29, 0.717) is 6.04 Å². The SMILES string of the molecule is CSC1CCCCC1N=C1NC2(CCOCC2)CS1. The summed E-state index contributed by atoms with van der Waals surface area (Å²) in [6.07, 6.45) is 9.85. The maximum atomic E-state index is 5.48. The van der Waals surface area contributed by atoms with Gasteiger partial charge in [-0.1, -0.05) is 24.6 Å². The molecule has 2 saturated heterocycles. The normalized spacial score (nSPS) is 36.6. The second-order valence-electron chi connectivity index (χ2n) is 5.87. The Bertz CT molecular complexity index is 342. The minimum atomic E-state index is 0.283. The molecule has 0 aromatic rings. The molecule has 3 rings (SSSR count). The molecule has 0 bridgehead atoms. The number of nitrogens with one attached hydrogen (secondary N) is 1. The van der Waals surface area contributed by atoms with Gasteiger partial charge in [0.25, 0.3) is 0 Å². The van der Waals surface area contributed by atoms with Crippen molar-refractivity contribution in [2.75, 3.05) is 25.2 Å². The molecule has 1 N–H and O–H groups in total. The van der Waals surface area contributed by atoms with Crippen LogP contribution >= 0.6 is 23.5 Å². The maximum Gasteiger partial charge on any atom is 0.157 e. The predicted molar refractivity (Wildman–Crippen MR) is 85.4 cm³/mol. The lowest BCUT2D eigenvalue weighted by atomic mass is 9.93. The number of ether oxygens (including phenoxy) is 1. The van der Waals surface area contributed by atoms with E-state index >= 15 is 0 Å². The first kappa shape index (κ1) is 14.1. The quantitative estimate of drug-likeness (QED) is 0.850. The van der Waals surface area contributed by atoms with Crippen molar-refractivity contribution in [3.05, 3.63) is 0 Å². The number of thioether (sulfide) groups is 2. The molecule has 108 valence electrons. The molecule has 5 heteroatoms. The maximum absolute atomic E-state index is 5.48. The Balaban J connectivity index is 1.64. The Hall–Kier alpha value is 0.130. The average molecular weight is 300 g/mol. The summed E-state index contributed by atoms with van der Waals surface area (Å²) in [5.74, 6) is 1.17. The van der Waals surface area contributed by atoms with Crippen LogP contribution in [0.2, 0.25) is 0 Å². The van der Waals surface area contributed by atoms with Crippen molar-refractivity contribution in [3.63, 3.8) is 0 Å². The van der Waals surface area contributed by atoms with Crippen molar-refractivity contribution in [2.24, 2.45) is 4.99 Å². The summed E-state index contributed by atoms with van der Waals surface area (Å²) in [6, 6.07) is 0.536. The van der Waals surface area contributed by atoms with Crippen LogP contribution in [-0.4, -0.2) is 47.2 Å². The number of hydrogen-bond acceptors (Lipinski definition) is 4. The molecule has 3 fully saturated rings. The van der Waals surface area contributed by atoms with Gasteiger partial charge < -0.3 is 10.1 Å². The third kappa shape index (κ3) is 3.24. The van der Waals surface area contributed by atoms with E-state index in [4.69, 9.17) is 9.73 Å². The predicted octanol–water partition coefficient (Wildman–Crippen LogP) is 2.90. The Morgan fingerprint density at radius 3 is 2.89 bits per heavy atom. The highest BCUT2D eigenvalue weighted by Gasteiger charge is 2.39. The fourth-order valence-corrected chi connectivity index (χ4v) is 5.44. The monoisotopic (exact) mass is 300 g/mol. The molecule has 1 spiro atoms. The molecule has 0 amide bonds. The molecule has 19 heavy (non-hydrogen) atoms. The first-order chi connectivity index (χ1) is 9.31. The molecule has 1 saturated carbocycles. The van der Waals surface area contributed by atoms with Crippen molar-refractivity contribution in [2.45, 2.75) is 55.4 Å². The van der Waals surface area contributed by atoms with Crippen molar-refractivity contribution in [3.8, 4) is 0 Å². The number of rotatable bonds is 2. The van der Waals surface area contributed by atoms with Gasteiger partial charge in [0.05, 0.1) is 11.6 Å². The third-order valence-electron chi connectivity index (χ3n) is 4.56. The van der Waals surface area contributed by atoms with Gasteiger partial charge in [-0.2, -0.15) is 11.8 Å². The number of hydrogen-bond donors (Lipinski definition) is 1. The van der Waals surface area contributed by atoms with Crippen LogP contribution in [0.1, 0.15) is 38.5 Å². The molecule has 2 atom stereocenters. The summed E-state index contributed by atoms with van der Waals surface area (Å²) in [7, 11) is 0. The zero-order chi connectivity index (χ0) is 13.1. The number of nitrogens with zero attached hydrogens (tertiary/aromatic N) is 1. The van der Waals surface area contributed by atoms with Gasteiger partial charge >= 0.3 is 0 Å². The fourth-order valence-electron chi connectivity index (χ4n) is 3.26. The van der Waals surface area contributed by atoms with E-state index in [1.165, 1.54) is 36.6 Å². The van der Waals surface area contributed by atoms with Crippen LogP contribution in [-0.2, 0) is 4.74 Å². The third-order valence-corrected chi connectivity index (χ3v) is 6.89. The van der Waals surface area contributed by atoms with Crippen LogP contribution < -0.4 is 5.32 Å². The van der Waals surface area contributed by atoms with E-state index in [9.17, 15) is 0 Å². The number of aliphatic imine (C=N–C) groups is 1. The van der Waals surface area contributed by atoms with Gasteiger partial charge in [0.2, 0.25) is 0 Å². The lowest BCUT2D eigenvalue weighted by Crippen LogP contribution is -2.48. The smallest absolute Gasteiger partial charge is 0.157 e. The van der Waals surface area contributed by atoms with Gasteiger partial charge in [0, 0.05) is 24.2 Å². The van der Waals surface area contributed by atoms with Crippen LogP contribution in [0.4, 0.5) is 0 Å². The van der Waals surface area contributed by atoms with E-state index < -0.39 is 0 Å². The van der Waals surface area contributed by atoms with Crippen molar-refractivity contribution < 1.29 is 4.74 Å². The van der Waals surface area contributed by atoms with Crippen LogP contribution in [0.25, 0.3) is 0 Å². The number of amidine groups is 1. The topological polar surface area (TPSA) is 33.6 Å². The van der Waals surface area contributed by atoms with E-state index in [0.717, 1.165) is 31.3 Å². The van der Waals surface area contributed by atoms with Crippen LogP contribution in [0.5, 0.6) is 0 Å². The highest BCUT2D eigenvalue weighted by atomic mass is 32.2. The first-order valence-electron chi connectivity index (χ1n) is 7.41. The molecule has 0 aromatic heterocycles. The largest absolute Gasteiger partial charge is 0.381 e. The highest BCUT2D eigenvalue weighted by Crippen LogP contribution is 2.34. The van der Waals surface area contributed by atoms with Crippen LogP contribution in [0.3, 0.4) is 0 Å². The Morgan fingerprint density at radius 1 is 1.32 bits per heavy atom. The fraction of sp³-hybridized carbons (Fsp3) is 0.929. The molecular formula is C14H24N2OS2. The van der Waals surface area contributed by atoms with Crippen molar-refractivity contribution in [1.29, 1.82) is 0 Å². The zero-order valence-corrected chi connectivity index (χ0v) is 13.3. The summed E-state index contributed by atoms with van der Waals surface area (Å²) < 4.78 is 5.48. The molecule has 3 nitrogen and oxygen atoms in total. The first-order valence-corrected chi connectivity index (χ1v) is 9.68. The summed E-state index contributed by atoms with van der Waals surface area (Å²) in [5, 5.41) is 5.66. The summed E-state index contributed by atoms with van der Waals surface area (Å²) >= 11 is 3.93. The van der Waals surface area contributed by atoms with Gasteiger partial charge in [-0.25, -0.2) is 0 Å². The van der Waals surface area contributed by atoms with Gasteiger partial charge in [-0.05, 0) is 31.9 Å². The lowest BCUT2D eigenvalue weighted by molar-refractivity contribution is 0.0555. The molecule has 1 aliphatic carbocycles. The van der Waals surface area contributed by atoms with Gasteiger partial charge in [0.1, 0.15) is 0 Å². The standard InChI is InChI=1S/C14H24N2OS2/c1-18-12-5-3-2-4-11(12)15-13-16-14(10-19-13)6-8-17-9-7-14/h11-12H,2-10H2,1H3,(H,15,16). The van der Waals surface area contributed by atoms with Crippen molar-refractivity contribution in [1.82, 2.24) is 5.32 Å². The van der Waals surface area contributed by atoms with Crippen molar-refractivity contribution >= 4 is 28.7 Å². The second kappa shape index (κ2) is 6.27. The lowest BCUT2D eigenvalue weighted by Gasteiger charge is -2.33. The summed E-state index contributed by atoms with van der Waals surface area (Å²) in [5.41, 5.74) is 0.283. The molecule has 2 heterocycles.